The zero-order chi connectivity index (χ0) is 39.8. The molecule has 2 aliphatic carbocycles. The van der Waals surface area contributed by atoms with Crippen LogP contribution in [0.25, 0.3) is 61.4 Å². The van der Waals surface area contributed by atoms with Gasteiger partial charge in [-0.15, -0.1) is 0 Å². The predicted octanol–water partition coefficient (Wildman–Crippen LogP) is 15.7. The van der Waals surface area contributed by atoms with E-state index >= 15 is 0 Å². The van der Waals surface area contributed by atoms with Gasteiger partial charge < -0.3 is 9.47 Å². The summed E-state index contributed by atoms with van der Waals surface area (Å²) in [5.74, 6) is 0.245. The summed E-state index contributed by atoms with van der Waals surface area (Å²) in [5.41, 5.74) is 18.9. The van der Waals surface area contributed by atoms with Crippen LogP contribution in [0.2, 0.25) is 0 Å². The van der Waals surface area contributed by atoms with Crippen LogP contribution in [0.4, 0.5) is 17.1 Å². The molecule has 0 saturated heterocycles. The number of hydrogen-bond acceptors (Lipinski definition) is 1. The maximum absolute atomic E-state index is 2.41. The molecule has 0 bridgehead atoms. The van der Waals surface area contributed by atoms with Gasteiger partial charge in [0.2, 0.25) is 0 Å². The molecule has 0 radical (unpaired) electrons. The minimum absolute atomic E-state index is 0.245. The Kier molecular flexibility index (Phi) is 9.17. The van der Waals surface area contributed by atoms with Crippen LogP contribution in [-0.4, -0.2) is 4.57 Å². The van der Waals surface area contributed by atoms with Crippen molar-refractivity contribution in [2.75, 3.05) is 4.90 Å². The molecule has 286 valence electrons. The van der Waals surface area contributed by atoms with Gasteiger partial charge in [0.05, 0.1) is 11.0 Å². The Bertz CT molecular complexity index is 3090. The van der Waals surface area contributed by atoms with Gasteiger partial charge in [-0.25, -0.2) is 0 Å². The average Bonchev–Trinajstić information content (AvgIpc) is 3.67. The van der Waals surface area contributed by atoms with Gasteiger partial charge in [-0.05, 0) is 130 Å². The molecule has 2 heteroatoms. The van der Waals surface area contributed by atoms with Gasteiger partial charge in [0.1, 0.15) is 0 Å². The van der Waals surface area contributed by atoms with Crippen molar-refractivity contribution >= 4 is 50.5 Å². The Hall–Kier alpha value is -7.42. The number of para-hydroxylation sites is 3. The highest BCUT2D eigenvalue weighted by molar-refractivity contribution is 6.11. The Balaban J connectivity index is 0.899. The van der Waals surface area contributed by atoms with Gasteiger partial charge >= 0.3 is 0 Å². The van der Waals surface area contributed by atoms with Gasteiger partial charge in [0.25, 0.3) is 0 Å². The number of allylic oxidation sites excluding steroid dienone is 5. The zero-order valence-electron chi connectivity index (χ0n) is 33.5. The van der Waals surface area contributed by atoms with Crippen LogP contribution in [0.15, 0.2) is 218 Å². The molecule has 0 spiro atoms. The van der Waals surface area contributed by atoms with Crippen LogP contribution in [0.1, 0.15) is 41.0 Å². The quantitative estimate of drug-likeness (QED) is 0.149. The van der Waals surface area contributed by atoms with Gasteiger partial charge in [0, 0.05) is 39.4 Å². The summed E-state index contributed by atoms with van der Waals surface area (Å²) in [7, 11) is 0. The van der Waals surface area contributed by atoms with Crippen molar-refractivity contribution in [2.24, 2.45) is 0 Å². The molecule has 2 aliphatic rings. The van der Waals surface area contributed by atoms with Crippen LogP contribution in [0, 0.1) is 0 Å². The van der Waals surface area contributed by atoms with Crippen LogP contribution < -0.4 is 4.90 Å². The average molecular weight is 769 g/mol. The first-order valence-electron chi connectivity index (χ1n) is 21.2. The third-order valence-electron chi connectivity index (χ3n) is 12.4. The predicted molar refractivity (Wildman–Crippen MR) is 255 cm³/mol. The maximum Gasteiger partial charge on any atom is 0.0544 e. The molecule has 60 heavy (non-hydrogen) atoms. The van der Waals surface area contributed by atoms with E-state index < -0.39 is 0 Å². The Labute approximate surface area is 352 Å². The summed E-state index contributed by atoms with van der Waals surface area (Å²) in [5, 5.41) is 2.63. The Morgan fingerprint density at radius 1 is 0.517 bits per heavy atom. The summed E-state index contributed by atoms with van der Waals surface area (Å²) in [6.45, 7) is 0. The molecular weight excluding hydrogens is 725 g/mol. The lowest BCUT2D eigenvalue weighted by Gasteiger charge is -2.27. The zero-order valence-corrected chi connectivity index (χ0v) is 33.5. The van der Waals surface area contributed by atoms with E-state index in [9.17, 15) is 0 Å². The maximum atomic E-state index is 2.41. The molecule has 0 aliphatic heterocycles. The molecule has 1 heterocycles. The smallest absolute Gasteiger partial charge is 0.0544 e. The Morgan fingerprint density at radius 3 is 2.02 bits per heavy atom. The van der Waals surface area contributed by atoms with E-state index in [-0.39, 0.29) is 5.92 Å². The Morgan fingerprint density at radius 2 is 1.18 bits per heavy atom. The summed E-state index contributed by atoms with van der Waals surface area (Å²) >= 11 is 0. The number of fused-ring (bicyclic) bond motifs is 4. The molecule has 1 aromatic heterocycles. The highest BCUT2D eigenvalue weighted by Gasteiger charge is 2.22. The van der Waals surface area contributed by atoms with Gasteiger partial charge in [0.15, 0.2) is 0 Å². The fourth-order valence-electron chi connectivity index (χ4n) is 9.58. The summed E-state index contributed by atoms with van der Waals surface area (Å²) < 4.78 is 2.41. The fraction of sp³-hybridized carbons (Fsp3) is 0.0690. The second-order valence-electron chi connectivity index (χ2n) is 16.0. The van der Waals surface area contributed by atoms with E-state index in [0.717, 1.165) is 36.3 Å². The molecule has 8 aromatic carbocycles. The number of hydrogen-bond donors (Lipinski definition) is 0. The number of benzene rings is 8. The van der Waals surface area contributed by atoms with Crippen LogP contribution in [0.3, 0.4) is 0 Å². The minimum atomic E-state index is 0.245. The largest absolute Gasteiger partial charge is 0.310 e. The molecule has 2 nitrogen and oxygen atoms in total. The van der Waals surface area contributed by atoms with Crippen LogP contribution >= 0.6 is 0 Å². The third-order valence-corrected chi connectivity index (χ3v) is 12.4. The van der Waals surface area contributed by atoms with Crippen molar-refractivity contribution in [1.29, 1.82) is 0 Å². The fourth-order valence-corrected chi connectivity index (χ4v) is 9.58. The molecule has 0 amide bonds. The van der Waals surface area contributed by atoms with Crippen molar-refractivity contribution in [1.82, 2.24) is 4.57 Å². The minimum Gasteiger partial charge on any atom is -0.310 e. The van der Waals surface area contributed by atoms with Gasteiger partial charge in [-0.2, -0.15) is 0 Å². The van der Waals surface area contributed by atoms with E-state index in [1.165, 1.54) is 77.6 Å². The number of aromatic nitrogens is 1. The van der Waals surface area contributed by atoms with Crippen molar-refractivity contribution in [3.05, 3.63) is 241 Å². The number of anilines is 3. The van der Waals surface area contributed by atoms with Gasteiger partial charge in [-0.3, -0.25) is 0 Å². The van der Waals surface area contributed by atoms with E-state index in [1.807, 2.05) is 0 Å². The SMILES string of the molecule is C1=CC(c2cccc3c2c2ccccc2n3-c2ccccc2)CC(c2cccc(N(c3ccccc3)c3ccc(-c4ccc(-c5cccc6c5CCC=C6)cc4)cc3)c2)=C1. The van der Waals surface area contributed by atoms with Crippen LogP contribution in [-0.2, 0) is 6.42 Å². The lowest BCUT2D eigenvalue weighted by Crippen LogP contribution is -2.10. The van der Waals surface area contributed by atoms with E-state index in [4.69, 9.17) is 0 Å². The molecule has 0 fully saturated rings. The summed E-state index contributed by atoms with van der Waals surface area (Å²) in [6.07, 6.45) is 14.6. The van der Waals surface area contributed by atoms with Crippen molar-refractivity contribution in [3.8, 4) is 27.9 Å². The van der Waals surface area contributed by atoms with E-state index in [1.54, 1.807) is 0 Å². The second-order valence-corrected chi connectivity index (χ2v) is 16.0. The van der Waals surface area contributed by atoms with Crippen molar-refractivity contribution in [3.63, 3.8) is 0 Å². The van der Waals surface area contributed by atoms with Crippen molar-refractivity contribution in [2.45, 2.75) is 25.2 Å². The highest BCUT2D eigenvalue weighted by atomic mass is 15.1. The topological polar surface area (TPSA) is 8.17 Å². The van der Waals surface area contributed by atoms with Crippen molar-refractivity contribution < 1.29 is 0 Å². The second kappa shape index (κ2) is 15.4. The molecular formula is C58H44N2. The van der Waals surface area contributed by atoms with Crippen LogP contribution in [0.5, 0.6) is 0 Å². The summed E-state index contributed by atoms with van der Waals surface area (Å²) in [6, 6.07) is 71.0. The normalized spacial score (nSPS) is 14.6. The molecule has 1 unspecified atom stereocenters. The van der Waals surface area contributed by atoms with E-state index in [2.05, 4.69) is 234 Å². The lowest BCUT2D eigenvalue weighted by molar-refractivity contribution is 0.876. The lowest BCUT2D eigenvalue weighted by atomic mass is 9.83. The van der Waals surface area contributed by atoms with Gasteiger partial charge in [-0.1, -0.05) is 164 Å². The molecule has 11 rings (SSSR count). The monoisotopic (exact) mass is 768 g/mol. The first-order valence-corrected chi connectivity index (χ1v) is 21.2. The molecule has 9 aromatic rings. The molecule has 1 atom stereocenters. The molecule has 0 saturated carbocycles. The summed E-state index contributed by atoms with van der Waals surface area (Å²) in [4.78, 5) is 2.37. The molecule has 0 N–H and O–H groups in total. The standard InChI is InChI=1S/C58H44N2/c1-3-20-48(21-4-1)59(50-37-35-42(36-38-50)41-31-33-44(34-32-41)53-27-13-16-43-15-7-8-25-52(43)53)51-24-12-18-46(40-51)45-17-11-19-47(39-45)54-28-14-30-57-58(54)55-26-9-10-29-56(55)60(57)49-22-5-2-6-23-49/h1-7,9-24,26-38,40,47H,8,25,39H2. The first kappa shape index (κ1) is 35.7. The number of nitrogens with zero attached hydrogens (tertiary/aromatic N) is 2. The third kappa shape index (κ3) is 6.47. The highest BCUT2D eigenvalue weighted by Crippen LogP contribution is 2.43. The number of rotatable bonds is 8. The van der Waals surface area contributed by atoms with E-state index in [0.29, 0.717) is 0 Å². The first-order chi connectivity index (χ1) is 29.8.